The van der Waals surface area contributed by atoms with Gasteiger partial charge in [0.25, 0.3) is 5.91 Å². The zero-order valence-corrected chi connectivity index (χ0v) is 15.8. The van der Waals surface area contributed by atoms with Crippen molar-refractivity contribution in [1.29, 1.82) is 0 Å². The molecule has 6 nitrogen and oxygen atoms in total. The van der Waals surface area contributed by atoms with Crippen LogP contribution in [-0.2, 0) is 4.74 Å². The van der Waals surface area contributed by atoms with E-state index in [0.29, 0.717) is 29.2 Å². The fourth-order valence-corrected chi connectivity index (χ4v) is 2.40. The molecule has 0 fully saturated rings. The molecular formula is C19H22ClN3O3. The molecule has 1 aromatic carbocycles. The van der Waals surface area contributed by atoms with Gasteiger partial charge in [-0.05, 0) is 30.7 Å². The highest BCUT2D eigenvalue weighted by Gasteiger charge is 2.16. The molecule has 1 aromatic heterocycles. The first-order chi connectivity index (χ1) is 12.4. The first kappa shape index (κ1) is 19.7. The van der Waals surface area contributed by atoms with Gasteiger partial charge in [-0.1, -0.05) is 37.1 Å². The molecule has 2 aromatic rings. The number of hydrogen-bond donors (Lipinski definition) is 1. The Morgan fingerprint density at radius 3 is 2.65 bits per heavy atom. The topological polar surface area (TPSA) is 71.5 Å². The number of pyridine rings is 1. The van der Waals surface area contributed by atoms with Gasteiger partial charge in [0.2, 0.25) is 0 Å². The third-order valence-corrected chi connectivity index (χ3v) is 3.82. The number of unbranched alkanes of at least 4 members (excludes halogenated alkanes) is 1. The van der Waals surface area contributed by atoms with E-state index in [-0.39, 0.29) is 11.1 Å². The number of aromatic nitrogens is 1. The Labute approximate surface area is 158 Å². The van der Waals surface area contributed by atoms with Crippen LogP contribution in [-0.4, -0.2) is 37.6 Å². The summed E-state index contributed by atoms with van der Waals surface area (Å²) in [6.07, 6.45) is 1.73. The summed E-state index contributed by atoms with van der Waals surface area (Å²) >= 11 is 6.00. The molecule has 0 saturated carbocycles. The number of carbonyl (C=O) groups is 2. The first-order valence-corrected chi connectivity index (χ1v) is 8.72. The van der Waals surface area contributed by atoms with Crippen LogP contribution in [0.1, 0.15) is 40.5 Å². The zero-order chi connectivity index (χ0) is 19.1. The second-order valence-corrected chi connectivity index (χ2v) is 6.31. The fourth-order valence-electron chi connectivity index (χ4n) is 2.19. The van der Waals surface area contributed by atoms with Crippen LogP contribution in [0, 0.1) is 0 Å². The van der Waals surface area contributed by atoms with Crippen molar-refractivity contribution >= 4 is 35.0 Å². The van der Waals surface area contributed by atoms with Crippen molar-refractivity contribution in [1.82, 2.24) is 4.98 Å². The van der Waals surface area contributed by atoms with Crippen molar-refractivity contribution < 1.29 is 14.3 Å². The SMILES string of the molecule is CCCCOC(=O)c1ccccc1NC(=O)c1cc(Cl)nc(N(C)C)c1. The Bertz CT molecular complexity index is 793. The van der Waals surface area contributed by atoms with Crippen molar-refractivity contribution in [3.8, 4) is 0 Å². The third-order valence-electron chi connectivity index (χ3n) is 3.63. The van der Waals surface area contributed by atoms with Crippen LogP contribution in [0.5, 0.6) is 0 Å². The summed E-state index contributed by atoms with van der Waals surface area (Å²) in [4.78, 5) is 30.8. The van der Waals surface area contributed by atoms with Crippen LogP contribution in [0.25, 0.3) is 0 Å². The predicted molar refractivity (Wildman–Crippen MR) is 103 cm³/mol. The molecule has 7 heteroatoms. The highest BCUT2D eigenvalue weighted by Crippen LogP contribution is 2.20. The lowest BCUT2D eigenvalue weighted by Gasteiger charge is -2.14. The number of hydrogen-bond acceptors (Lipinski definition) is 5. The smallest absolute Gasteiger partial charge is 0.340 e. The molecule has 0 aliphatic rings. The molecule has 0 radical (unpaired) electrons. The second kappa shape index (κ2) is 9.20. The molecule has 0 unspecified atom stereocenters. The van der Waals surface area contributed by atoms with E-state index in [1.165, 1.54) is 6.07 Å². The summed E-state index contributed by atoms with van der Waals surface area (Å²) in [6.45, 7) is 2.37. The van der Waals surface area contributed by atoms with Crippen LogP contribution in [0.3, 0.4) is 0 Å². The Morgan fingerprint density at radius 2 is 1.96 bits per heavy atom. The van der Waals surface area contributed by atoms with E-state index in [1.54, 1.807) is 35.2 Å². The molecule has 0 spiro atoms. The van der Waals surface area contributed by atoms with Crippen molar-refractivity contribution in [3.63, 3.8) is 0 Å². The maximum Gasteiger partial charge on any atom is 0.340 e. The molecule has 0 saturated heterocycles. The fraction of sp³-hybridized carbons (Fsp3) is 0.316. The van der Waals surface area contributed by atoms with Gasteiger partial charge in [-0.3, -0.25) is 4.79 Å². The van der Waals surface area contributed by atoms with Crippen LogP contribution >= 0.6 is 11.6 Å². The Hall–Kier alpha value is -2.60. The summed E-state index contributed by atoms with van der Waals surface area (Å²) in [7, 11) is 3.61. The molecule has 138 valence electrons. The monoisotopic (exact) mass is 375 g/mol. The number of nitrogens with one attached hydrogen (secondary N) is 1. The summed E-state index contributed by atoms with van der Waals surface area (Å²) in [5, 5.41) is 2.96. The molecule has 2 rings (SSSR count). The molecule has 0 aliphatic carbocycles. The van der Waals surface area contributed by atoms with E-state index in [2.05, 4.69) is 10.3 Å². The zero-order valence-electron chi connectivity index (χ0n) is 15.1. The van der Waals surface area contributed by atoms with Crippen molar-refractivity contribution in [2.45, 2.75) is 19.8 Å². The number of halogens is 1. The summed E-state index contributed by atoms with van der Waals surface area (Å²) < 4.78 is 5.24. The predicted octanol–water partition coefficient (Wildman–Crippen LogP) is 4.01. The number of nitrogens with zero attached hydrogens (tertiary/aromatic N) is 2. The van der Waals surface area contributed by atoms with Gasteiger partial charge in [0.1, 0.15) is 11.0 Å². The lowest BCUT2D eigenvalue weighted by molar-refractivity contribution is 0.0501. The highest BCUT2D eigenvalue weighted by atomic mass is 35.5. The number of rotatable bonds is 7. The Kier molecular flexibility index (Phi) is 6.97. The molecule has 0 aliphatic heterocycles. The molecule has 26 heavy (non-hydrogen) atoms. The number of ether oxygens (including phenoxy) is 1. The van der Waals surface area contributed by atoms with E-state index >= 15 is 0 Å². The van der Waals surface area contributed by atoms with Crippen LogP contribution in [0.2, 0.25) is 5.15 Å². The second-order valence-electron chi connectivity index (χ2n) is 5.92. The highest BCUT2D eigenvalue weighted by molar-refractivity contribution is 6.30. The number of amides is 1. The molecule has 1 N–H and O–H groups in total. The summed E-state index contributed by atoms with van der Waals surface area (Å²) in [6, 6.07) is 9.84. The van der Waals surface area contributed by atoms with Crippen molar-refractivity contribution in [2.75, 3.05) is 30.9 Å². The molecule has 1 amide bonds. The van der Waals surface area contributed by atoms with Crippen molar-refractivity contribution in [3.05, 3.63) is 52.7 Å². The molecule has 0 atom stereocenters. The van der Waals surface area contributed by atoms with Gasteiger partial charge in [-0.15, -0.1) is 0 Å². The minimum absolute atomic E-state index is 0.216. The number of benzene rings is 1. The quantitative estimate of drug-likeness (QED) is 0.449. The van der Waals surface area contributed by atoms with Gasteiger partial charge in [0.15, 0.2) is 0 Å². The van der Waals surface area contributed by atoms with Gasteiger partial charge in [0, 0.05) is 19.7 Å². The average molecular weight is 376 g/mol. The van der Waals surface area contributed by atoms with Gasteiger partial charge < -0.3 is 15.0 Å². The third kappa shape index (κ3) is 5.20. The average Bonchev–Trinajstić information content (AvgIpc) is 2.61. The normalized spacial score (nSPS) is 10.3. The Morgan fingerprint density at radius 1 is 1.23 bits per heavy atom. The number of anilines is 2. The van der Waals surface area contributed by atoms with Crippen LogP contribution in [0.15, 0.2) is 36.4 Å². The molecular weight excluding hydrogens is 354 g/mol. The minimum atomic E-state index is -0.462. The Balaban J connectivity index is 2.21. The van der Waals surface area contributed by atoms with E-state index in [1.807, 2.05) is 21.0 Å². The lowest BCUT2D eigenvalue weighted by Crippen LogP contribution is -2.18. The van der Waals surface area contributed by atoms with Crippen molar-refractivity contribution in [2.24, 2.45) is 0 Å². The maximum absolute atomic E-state index is 12.6. The number of carbonyl (C=O) groups excluding carboxylic acids is 2. The number of esters is 1. The van der Waals surface area contributed by atoms with E-state index in [0.717, 1.165) is 12.8 Å². The molecule has 0 bridgehead atoms. The van der Waals surface area contributed by atoms with Gasteiger partial charge in [-0.2, -0.15) is 0 Å². The van der Waals surface area contributed by atoms with Gasteiger partial charge in [-0.25, -0.2) is 9.78 Å². The van der Waals surface area contributed by atoms with E-state index in [4.69, 9.17) is 16.3 Å². The minimum Gasteiger partial charge on any atom is -0.462 e. The lowest BCUT2D eigenvalue weighted by atomic mass is 10.1. The number of para-hydroxylation sites is 1. The summed E-state index contributed by atoms with van der Waals surface area (Å²) in [5.74, 6) is -0.280. The van der Waals surface area contributed by atoms with E-state index in [9.17, 15) is 9.59 Å². The summed E-state index contributed by atoms with van der Waals surface area (Å²) in [5.41, 5.74) is 1.05. The van der Waals surface area contributed by atoms with E-state index < -0.39 is 5.97 Å². The molecule has 1 heterocycles. The van der Waals surface area contributed by atoms with Crippen LogP contribution in [0.4, 0.5) is 11.5 Å². The maximum atomic E-state index is 12.6. The largest absolute Gasteiger partial charge is 0.462 e. The standard InChI is InChI=1S/C19H22ClN3O3/c1-4-5-10-26-19(25)14-8-6-7-9-15(14)21-18(24)13-11-16(20)22-17(12-13)23(2)3/h6-9,11-12H,4-5,10H2,1-3H3,(H,21,24). The van der Waals surface area contributed by atoms with Gasteiger partial charge in [0.05, 0.1) is 17.9 Å². The van der Waals surface area contributed by atoms with Gasteiger partial charge >= 0.3 is 5.97 Å². The van der Waals surface area contributed by atoms with Crippen LogP contribution < -0.4 is 10.2 Å². The first-order valence-electron chi connectivity index (χ1n) is 8.34.